The van der Waals surface area contributed by atoms with Gasteiger partial charge >= 0.3 is 6.09 Å². The van der Waals surface area contributed by atoms with Gasteiger partial charge in [-0.2, -0.15) is 0 Å². The first-order chi connectivity index (χ1) is 37.9. The van der Waals surface area contributed by atoms with Crippen molar-refractivity contribution >= 4 is 64.2 Å². The number of para-hydroxylation sites is 1. The van der Waals surface area contributed by atoms with Crippen LogP contribution in [0, 0.1) is 18.3 Å². The quantitative estimate of drug-likeness (QED) is 0.0634. The number of benzene rings is 3. The maximum Gasteiger partial charge on any atom is 0.408 e. The number of nitrogens with one attached hydrogen (secondary N) is 4. The molecule has 4 aliphatic heterocycles. The summed E-state index contributed by atoms with van der Waals surface area (Å²) in [6.07, 6.45) is 1.09. The number of anilines is 2. The van der Waals surface area contributed by atoms with E-state index in [2.05, 4.69) is 31.2 Å². The predicted octanol–water partition coefficient (Wildman–Crippen LogP) is 5.99. The molecule has 19 nitrogen and oxygen atoms in total. The van der Waals surface area contributed by atoms with Crippen molar-refractivity contribution in [2.45, 2.75) is 174 Å². The average molecular weight is 1120 g/mol. The molecule has 0 spiro atoms. The first-order valence-corrected chi connectivity index (χ1v) is 28.8. The topological polar surface area (TPSA) is 255 Å². The molecule has 7 amide bonds. The summed E-state index contributed by atoms with van der Waals surface area (Å²) < 4.78 is 11.8. The Kier molecular flexibility index (Phi) is 18.7. The number of aliphatic hydroxyl groups excluding tert-OH is 1. The van der Waals surface area contributed by atoms with Crippen molar-refractivity contribution < 1.29 is 48.1 Å². The molecule has 0 aliphatic carbocycles. The number of ether oxygens (including phenoxy) is 2. The van der Waals surface area contributed by atoms with Crippen molar-refractivity contribution in [1.82, 2.24) is 31.2 Å². The van der Waals surface area contributed by atoms with Gasteiger partial charge in [0.2, 0.25) is 35.4 Å². The van der Waals surface area contributed by atoms with Crippen LogP contribution < -0.4 is 36.8 Å². The number of rotatable bonds is 19. The number of nitrogens with two attached hydrogens (primary N) is 1. The van der Waals surface area contributed by atoms with Crippen molar-refractivity contribution in [3.63, 3.8) is 0 Å². The summed E-state index contributed by atoms with van der Waals surface area (Å²) in [5.41, 5.74) is 13.2. The zero-order valence-corrected chi connectivity index (χ0v) is 48.2. The van der Waals surface area contributed by atoms with Crippen LogP contribution in [0.3, 0.4) is 0 Å². The second-order valence-corrected chi connectivity index (χ2v) is 24.8. The van der Waals surface area contributed by atoms with E-state index in [1.165, 1.54) is 9.80 Å². The molecule has 4 aliphatic rings. The van der Waals surface area contributed by atoms with Gasteiger partial charge in [0.1, 0.15) is 29.8 Å². The number of carbonyl (C=O) groups is 7. The standard InChI is InChI=1S/C60H79N9O10S/c1-35-52(80-34-63-35)41-16-12-38(13-17-41)31-62-54(73)47-30-44(70)32-68(47)57(76)53(59(3,4)5)66-50(72)28-37-24-26-67(27-25-37)43-19-14-39(15-20-43)33-78-36(2)45(22-23-49(61)71)64-55(74)48-29-42-11-9-10-40-18-21-46(56(75)69(48)51(40)42)65-58(77)79-60(6,7)8/h9-17,19-20,34,36-37,44-48,53,70H,18,21-33H2,1-8H3,(H2,61,71)(H,62,73)(H,64,74)(H,65,77)(H,66,72)/t36-,44-,45+,46+,47+,48+,53-/m1/s1. The molecule has 4 aromatic rings. The van der Waals surface area contributed by atoms with Crippen molar-refractivity contribution in [2.75, 3.05) is 29.4 Å². The molecular weight excluding hydrogens is 1040 g/mol. The first-order valence-electron chi connectivity index (χ1n) is 27.9. The molecule has 0 bridgehead atoms. The van der Waals surface area contributed by atoms with Crippen LogP contribution in [0.15, 0.2) is 72.2 Å². The van der Waals surface area contributed by atoms with E-state index in [-0.39, 0.29) is 69.5 Å². The van der Waals surface area contributed by atoms with E-state index in [1.54, 1.807) is 32.1 Å². The van der Waals surface area contributed by atoms with Crippen LogP contribution in [0.2, 0.25) is 0 Å². The highest BCUT2D eigenvalue weighted by atomic mass is 32.1. The van der Waals surface area contributed by atoms with Gasteiger partial charge in [0.15, 0.2) is 0 Å². The van der Waals surface area contributed by atoms with E-state index in [0.29, 0.717) is 18.5 Å². The Bertz CT molecular complexity index is 2890. The number of thiazole rings is 1. The van der Waals surface area contributed by atoms with Crippen molar-refractivity contribution in [3.8, 4) is 10.4 Å². The fourth-order valence-electron chi connectivity index (χ4n) is 11.2. The van der Waals surface area contributed by atoms with Crippen LogP contribution in [-0.2, 0) is 64.2 Å². The Morgan fingerprint density at radius 2 is 1.56 bits per heavy atom. The fraction of sp³-hybridized carbons (Fsp3) is 0.533. The molecule has 3 aromatic carbocycles. The lowest BCUT2D eigenvalue weighted by molar-refractivity contribution is -0.144. The number of piperidine rings is 1. The maximum atomic E-state index is 14.3. The Hall–Kier alpha value is -6.90. The van der Waals surface area contributed by atoms with E-state index in [1.807, 2.05) is 107 Å². The van der Waals surface area contributed by atoms with Crippen molar-refractivity contribution in [2.24, 2.45) is 17.1 Å². The lowest BCUT2D eigenvalue weighted by Crippen LogP contribution is -2.58. The summed E-state index contributed by atoms with van der Waals surface area (Å²) in [5, 5.41) is 22.5. The molecule has 7 N–H and O–H groups in total. The number of aliphatic hydroxyl groups is 1. The largest absolute Gasteiger partial charge is 0.444 e. The lowest BCUT2D eigenvalue weighted by Gasteiger charge is -2.36. The second-order valence-electron chi connectivity index (χ2n) is 24.0. The Morgan fingerprint density at radius 1 is 0.875 bits per heavy atom. The summed E-state index contributed by atoms with van der Waals surface area (Å²) in [5.74, 6) is -2.22. The highest BCUT2D eigenvalue weighted by Gasteiger charge is 2.46. The number of nitrogens with zero attached hydrogens (tertiary/aromatic N) is 4. The maximum absolute atomic E-state index is 14.3. The summed E-state index contributed by atoms with van der Waals surface area (Å²) in [6.45, 7) is 16.6. The third-order valence-corrected chi connectivity index (χ3v) is 16.6. The number of carbonyl (C=O) groups excluding carboxylic acids is 7. The smallest absolute Gasteiger partial charge is 0.408 e. The summed E-state index contributed by atoms with van der Waals surface area (Å²) >= 11 is 1.57. The number of hydrogen-bond donors (Lipinski definition) is 6. The number of likely N-dealkylation sites (tertiary alicyclic amines) is 1. The number of amides is 7. The van der Waals surface area contributed by atoms with E-state index >= 15 is 0 Å². The number of aromatic nitrogens is 1. The normalized spacial score (nSPS) is 20.5. The van der Waals surface area contributed by atoms with Crippen molar-refractivity contribution in [3.05, 3.63) is 100 Å². The number of alkyl carbamates (subject to hydrolysis) is 1. The monoisotopic (exact) mass is 1120 g/mol. The molecule has 2 saturated heterocycles. The minimum Gasteiger partial charge on any atom is -0.444 e. The van der Waals surface area contributed by atoms with E-state index in [9.17, 15) is 38.7 Å². The molecule has 7 atom stereocenters. The number of hydrogen-bond acceptors (Lipinski definition) is 13. The summed E-state index contributed by atoms with van der Waals surface area (Å²) in [4.78, 5) is 106. The van der Waals surface area contributed by atoms with Gasteiger partial charge < -0.3 is 51.4 Å². The van der Waals surface area contributed by atoms with Gasteiger partial charge in [-0.3, -0.25) is 33.7 Å². The third-order valence-electron chi connectivity index (χ3n) is 15.6. The summed E-state index contributed by atoms with van der Waals surface area (Å²) in [7, 11) is 0. The van der Waals surface area contributed by atoms with E-state index < -0.39 is 83.2 Å². The number of aryl methyl sites for hydroxylation is 2. The van der Waals surface area contributed by atoms with Crippen LogP contribution >= 0.6 is 11.3 Å². The fourth-order valence-corrected chi connectivity index (χ4v) is 12.0. The van der Waals surface area contributed by atoms with Gasteiger partial charge in [-0.1, -0.05) is 75.4 Å². The number of primary amides is 1. The number of β-amino-alcohol motifs (C(OH)–C–C–N with tert-alkyl or cyclic N) is 1. The van der Waals surface area contributed by atoms with Gasteiger partial charge in [-0.15, -0.1) is 11.3 Å². The molecule has 0 saturated carbocycles. The molecule has 1 aromatic heterocycles. The van der Waals surface area contributed by atoms with Crippen molar-refractivity contribution in [1.29, 1.82) is 0 Å². The van der Waals surface area contributed by atoms with E-state index in [4.69, 9.17) is 15.2 Å². The van der Waals surface area contributed by atoms with Crippen LogP contribution in [0.1, 0.15) is 121 Å². The molecule has 80 heavy (non-hydrogen) atoms. The minimum absolute atomic E-state index is 0.00477. The Morgan fingerprint density at radius 3 is 2.21 bits per heavy atom. The molecule has 2 fully saturated rings. The molecular formula is C60H79N9O10S. The predicted molar refractivity (Wildman–Crippen MR) is 305 cm³/mol. The highest BCUT2D eigenvalue weighted by molar-refractivity contribution is 7.13. The van der Waals surface area contributed by atoms with Gasteiger partial charge in [0.05, 0.1) is 46.6 Å². The van der Waals surface area contributed by atoms with Crippen LogP contribution in [0.4, 0.5) is 16.2 Å². The van der Waals surface area contributed by atoms with Gasteiger partial charge in [0, 0.05) is 57.5 Å². The van der Waals surface area contributed by atoms with Crippen LogP contribution in [-0.4, -0.2) is 124 Å². The Labute approximate surface area is 473 Å². The van der Waals surface area contributed by atoms with Gasteiger partial charge in [-0.05, 0) is 118 Å². The second kappa shape index (κ2) is 25.3. The van der Waals surface area contributed by atoms with Gasteiger partial charge in [-0.25, -0.2) is 9.78 Å². The lowest BCUT2D eigenvalue weighted by atomic mass is 9.85. The first kappa shape index (κ1) is 59.2. The zero-order chi connectivity index (χ0) is 57.6. The minimum atomic E-state index is -0.917. The highest BCUT2D eigenvalue weighted by Crippen LogP contribution is 2.40. The molecule has 5 heterocycles. The zero-order valence-electron chi connectivity index (χ0n) is 47.3. The Balaban J connectivity index is 0.810. The molecule has 430 valence electrons. The van der Waals surface area contributed by atoms with Gasteiger partial charge in [0.25, 0.3) is 0 Å². The molecule has 0 radical (unpaired) electrons. The van der Waals surface area contributed by atoms with Crippen LogP contribution in [0.5, 0.6) is 0 Å². The average Bonchev–Trinajstić information content (AvgIpc) is 4.29. The van der Waals surface area contributed by atoms with Crippen LogP contribution in [0.25, 0.3) is 10.4 Å². The third kappa shape index (κ3) is 14.7. The molecule has 20 heteroatoms. The molecule has 0 unspecified atom stereocenters. The van der Waals surface area contributed by atoms with E-state index in [0.717, 1.165) is 70.0 Å². The molecule has 8 rings (SSSR count). The summed E-state index contributed by atoms with van der Waals surface area (Å²) in [6, 6.07) is 17.5. The SMILES string of the molecule is Cc1ncsc1-c1ccc(CNC(=O)[C@@H]2C[C@@H](O)CN2C(=O)[C@@H](NC(=O)CC2CCN(c3ccc(CO[C@H](C)[C@H](CCC(N)=O)NC(=O)[C@@H]4Cc5cccc6c5N4C(=O)[C@@H](NC(=O)OC(C)(C)C)CC6)cc3)CC2)C(C)(C)C)cc1.